The van der Waals surface area contributed by atoms with Crippen LogP contribution >= 0.6 is 11.8 Å². The Morgan fingerprint density at radius 3 is 2.55 bits per heavy atom. The van der Waals surface area contributed by atoms with E-state index in [1.807, 2.05) is 19.9 Å². The lowest BCUT2D eigenvalue weighted by Gasteiger charge is -2.11. The Labute approximate surface area is 183 Å². The number of Topliss-reactive ketones (excluding diaryl/α,β-unsaturated/α-hetero) is 1. The average molecular weight is 446 g/mol. The van der Waals surface area contributed by atoms with Crippen molar-refractivity contribution in [3.8, 4) is 0 Å². The molecule has 10 heteroatoms. The maximum Gasteiger partial charge on any atom is 0.361 e. The van der Waals surface area contributed by atoms with Gasteiger partial charge in [-0.05, 0) is 12.1 Å². The molecule has 1 aromatic heterocycles. The highest BCUT2D eigenvalue weighted by Crippen LogP contribution is 2.30. The summed E-state index contributed by atoms with van der Waals surface area (Å²) < 4.78 is 14.7. The van der Waals surface area contributed by atoms with Crippen LogP contribution < -0.4 is 5.32 Å². The van der Waals surface area contributed by atoms with Crippen molar-refractivity contribution in [1.29, 1.82) is 0 Å². The van der Waals surface area contributed by atoms with E-state index in [0.29, 0.717) is 11.4 Å². The van der Waals surface area contributed by atoms with Crippen molar-refractivity contribution in [3.63, 3.8) is 0 Å². The molecular weight excluding hydrogens is 424 g/mol. The van der Waals surface area contributed by atoms with E-state index in [1.54, 1.807) is 24.3 Å². The summed E-state index contributed by atoms with van der Waals surface area (Å²) in [5, 5.41) is 6.15. The Balaban J connectivity index is 0.00000166. The fourth-order valence-electron chi connectivity index (χ4n) is 2.48. The number of fused-ring (bicyclic) bond motifs is 1. The molecule has 9 nitrogen and oxygen atoms in total. The maximum absolute atomic E-state index is 12.6. The number of esters is 1. The van der Waals surface area contributed by atoms with Crippen LogP contribution in [0.15, 0.2) is 45.8 Å². The molecule has 0 radical (unpaired) electrons. The Morgan fingerprint density at radius 1 is 1.16 bits per heavy atom. The number of amides is 1. The summed E-state index contributed by atoms with van der Waals surface area (Å²) in [4.78, 5) is 48.3. The molecule has 1 heterocycles. The number of ether oxygens (including phenoxy) is 2. The van der Waals surface area contributed by atoms with E-state index < -0.39 is 17.5 Å². The monoisotopic (exact) mass is 446 g/mol. The van der Waals surface area contributed by atoms with Crippen molar-refractivity contribution in [1.82, 2.24) is 5.16 Å². The van der Waals surface area contributed by atoms with Crippen molar-refractivity contribution in [2.24, 2.45) is 0 Å². The molecule has 1 amide bonds. The highest BCUT2D eigenvalue weighted by Gasteiger charge is 2.36. The van der Waals surface area contributed by atoms with Crippen LogP contribution in [-0.2, 0) is 14.3 Å². The van der Waals surface area contributed by atoms with Gasteiger partial charge in [0.05, 0.1) is 18.6 Å². The highest BCUT2D eigenvalue weighted by atomic mass is 32.2. The molecule has 0 fully saturated rings. The van der Waals surface area contributed by atoms with E-state index in [9.17, 15) is 19.2 Å². The number of rotatable bonds is 8. The van der Waals surface area contributed by atoms with Crippen LogP contribution in [0.3, 0.4) is 0 Å². The van der Waals surface area contributed by atoms with Gasteiger partial charge in [-0.15, -0.1) is 11.8 Å². The lowest BCUT2D eigenvalue weighted by molar-refractivity contribution is -0.120. The van der Waals surface area contributed by atoms with E-state index >= 15 is 0 Å². The molecular formula is C21H22N2O7S. The van der Waals surface area contributed by atoms with Gasteiger partial charge in [0.2, 0.25) is 28.9 Å². The summed E-state index contributed by atoms with van der Waals surface area (Å²) in [7, 11) is 1.13. The predicted molar refractivity (Wildman–Crippen MR) is 114 cm³/mol. The normalized spacial score (nSPS) is 12.3. The number of aromatic nitrogens is 1. The molecule has 0 bridgehead atoms. The molecule has 0 saturated carbocycles. The number of anilines is 1. The Morgan fingerprint density at radius 2 is 1.87 bits per heavy atom. The molecule has 164 valence electrons. The van der Waals surface area contributed by atoms with Gasteiger partial charge < -0.3 is 19.3 Å². The topological polar surface area (TPSA) is 125 Å². The van der Waals surface area contributed by atoms with Gasteiger partial charge in [0.1, 0.15) is 12.2 Å². The van der Waals surface area contributed by atoms with Crippen molar-refractivity contribution >= 4 is 40.9 Å². The molecule has 0 atom stereocenters. The van der Waals surface area contributed by atoms with Gasteiger partial charge in [-0.3, -0.25) is 14.4 Å². The zero-order chi connectivity index (χ0) is 22.8. The minimum atomic E-state index is -0.866. The van der Waals surface area contributed by atoms with E-state index in [2.05, 4.69) is 15.2 Å². The first kappa shape index (κ1) is 24.0. The van der Waals surface area contributed by atoms with E-state index in [-0.39, 0.29) is 41.0 Å². The second-order valence-electron chi connectivity index (χ2n) is 5.74. The van der Waals surface area contributed by atoms with Crippen LogP contribution in [-0.4, -0.2) is 54.7 Å². The molecule has 0 aliphatic heterocycles. The largest absolute Gasteiger partial charge is 0.464 e. The fourth-order valence-corrected chi connectivity index (χ4v) is 3.32. The molecule has 0 spiro atoms. The summed E-state index contributed by atoms with van der Waals surface area (Å²) in [5.74, 6) is -2.25. The smallest absolute Gasteiger partial charge is 0.361 e. The molecule has 1 N–H and O–H groups in total. The number of carbonyl (C=O) groups excluding carboxylic acids is 4. The van der Waals surface area contributed by atoms with Gasteiger partial charge >= 0.3 is 5.97 Å². The molecule has 3 rings (SSSR count). The molecule has 2 aromatic rings. The number of nitrogens with zero attached hydrogens (tertiary/aromatic N) is 1. The van der Waals surface area contributed by atoms with Crippen molar-refractivity contribution < 1.29 is 33.2 Å². The highest BCUT2D eigenvalue weighted by molar-refractivity contribution is 8.04. The second kappa shape index (κ2) is 11.8. The first-order valence-electron chi connectivity index (χ1n) is 9.45. The van der Waals surface area contributed by atoms with Crippen LogP contribution in [0.4, 0.5) is 5.69 Å². The Kier molecular flexibility index (Phi) is 9.16. The van der Waals surface area contributed by atoms with Gasteiger partial charge in [-0.1, -0.05) is 37.2 Å². The predicted octanol–water partition coefficient (Wildman–Crippen LogP) is 3.14. The lowest BCUT2D eigenvalue weighted by atomic mass is 10.00. The summed E-state index contributed by atoms with van der Waals surface area (Å²) in [6.07, 6.45) is 1.13. The number of para-hydroxylation sites is 1. The number of allylic oxidation sites excluding steroid dienone is 2. The van der Waals surface area contributed by atoms with Gasteiger partial charge in [-0.2, -0.15) is 0 Å². The fraction of sp³-hybridized carbons (Fsp3) is 0.286. The number of nitrogens with one attached hydrogen (secondary N) is 1. The quantitative estimate of drug-likeness (QED) is 0.481. The third-order valence-electron chi connectivity index (χ3n) is 3.78. The lowest BCUT2D eigenvalue weighted by Crippen LogP contribution is -2.20. The number of methoxy groups -OCH3 is 1. The number of thioether (sulfide) groups is 1. The number of hydrogen-bond donors (Lipinski definition) is 1. The molecule has 1 aliphatic rings. The third kappa shape index (κ3) is 6.12. The first-order chi connectivity index (χ1) is 15.0. The van der Waals surface area contributed by atoms with Crippen molar-refractivity contribution in [2.75, 3.05) is 31.4 Å². The molecule has 31 heavy (non-hydrogen) atoms. The van der Waals surface area contributed by atoms with Gasteiger partial charge in [0.15, 0.2) is 0 Å². The Hall–Kier alpha value is -3.24. The van der Waals surface area contributed by atoms with E-state index in [1.165, 1.54) is 0 Å². The zero-order valence-corrected chi connectivity index (χ0v) is 18.1. The molecule has 0 saturated heterocycles. The van der Waals surface area contributed by atoms with E-state index in [0.717, 1.165) is 24.9 Å². The van der Waals surface area contributed by atoms with Crippen molar-refractivity contribution in [3.05, 3.63) is 58.3 Å². The minimum Gasteiger partial charge on any atom is -0.464 e. The zero-order valence-electron chi connectivity index (χ0n) is 17.3. The number of benzene rings is 1. The SMILES string of the molecule is CC.COC(=O)c1noc2c1C(=O)C(SCCOCC(=O)Nc1ccccc1)=CC2=O. The Bertz CT molecular complexity index is 983. The average Bonchev–Trinajstić information content (AvgIpc) is 3.24. The standard InChI is InChI=1S/C19H16N2O7S.C2H6/c1-26-19(25)16-15-17(24)13(9-12(22)18(15)28-21-16)29-8-7-27-10-14(23)20-11-5-3-2-4-6-11;1-2/h2-6,9H,7-8,10H2,1H3,(H,20,23);1-2H3. The number of ketones is 2. The van der Waals surface area contributed by atoms with Crippen LogP contribution in [0.1, 0.15) is 45.2 Å². The van der Waals surface area contributed by atoms with Gasteiger partial charge in [0.25, 0.3) is 0 Å². The van der Waals surface area contributed by atoms with Crippen LogP contribution in [0.2, 0.25) is 0 Å². The van der Waals surface area contributed by atoms with Gasteiger partial charge in [-0.25, -0.2) is 4.79 Å². The summed E-state index contributed by atoms with van der Waals surface area (Å²) in [6.45, 7) is 4.02. The minimum absolute atomic E-state index is 0.133. The number of carbonyl (C=O) groups is 4. The summed E-state index contributed by atoms with van der Waals surface area (Å²) in [6, 6.07) is 8.96. The van der Waals surface area contributed by atoms with E-state index in [4.69, 9.17) is 9.26 Å². The molecule has 1 aromatic carbocycles. The van der Waals surface area contributed by atoms with Crippen LogP contribution in [0.5, 0.6) is 0 Å². The van der Waals surface area contributed by atoms with Crippen LogP contribution in [0.25, 0.3) is 0 Å². The second-order valence-corrected chi connectivity index (χ2v) is 6.88. The van der Waals surface area contributed by atoms with Gasteiger partial charge in [0, 0.05) is 17.5 Å². The first-order valence-corrected chi connectivity index (χ1v) is 10.4. The number of hydrogen-bond acceptors (Lipinski definition) is 9. The summed E-state index contributed by atoms with van der Waals surface area (Å²) >= 11 is 1.07. The van der Waals surface area contributed by atoms with Crippen LogP contribution in [0, 0.1) is 0 Å². The van der Waals surface area contributed by atoms with Crippen molar-refractivity contribution in [2.45, 2.75) is 13.8 Å². The third-order valence-corrected chi connectivity index (χ3v) is 4.77. The molecule has 0 unspecified atom stereocenters. The molecule has 1 aliphatic carbocycles. The summed E-state index contributed by atoms with van der Waals surface area (Å²) in [5.41, 5.74) is 0.133. The maximum atomic E-state index is 12.6.